The summed E-state index contributed by atoms with van der Waals surface area (Å²) in [5.74, 6) is 0.189. The van der Waals surface area contributed by atoms with Crippen LogP contribution in [-0.2, 0) is 9.59 Å². The van der Waals surface area contributed by atoms with Crippen molar-refractivity contribution in [3.63, 3.8) is 0 Å². The standard InChI is InChI=1S/C13H20N4O2/c1-9(2)13(19)17-5-3-10(4-6-17)12(18)16-11-7-14-15-8-11/h7-10H,3-6H2,1-2H3,(H,14,15)(H,16,18). The smallest absolute Gasteiger partial charge is 0.227 e. The maximum absolute atomic E-state index is 12.0. The summed E-state index contributed by atoms with van der Waals surface area (Å²) >= 11 is 0. The van der Waals surface area contributed by atoms with Crippen LogP contribution in [0.25, 0.3) is 0 Å². The molecule has 0 saturated carbocycles. The molecule has 6 heteroatoms. The van der Waals surface area contributed by atoms with E-state index in [0.29, 0.717) is 18.8 Å². The van der Waals surface area contributed by atoms with Gasteiger partial charge in [-0.05, 0) is 12.8 Å². The number of nitrogens with one attached hydrogen (secondary N) is 2. The second-order valence-electron chi connectivity index (χ2n) is 5.23. The number of aromatic amines is 1. The third-order valence-electron chi connectivity index (χ3n) is 3.44. The van der Waals surface area contributed by atoms with Gasteiger partial charge in [0.25, 0.3) is 0 Å². The molecule has 1 aliphatic heterocycles. The Labute approximate surface area is 112 Å². The number of nitrogens with zero attached hydrogens (tertiary/aromatic N) is 2. The van der Waals surface area contributed by atoms with Gasteiger partial charge in [0.2, 0.25) is 11.8 Å². The van der Waals surface area contributed by atoms with Crippen LogP contribution in [0.5, 0.6) is 0 Å². The third kappa shape index (κ3) is 3.33. The van der Waals surface area contributed by atoms with E-state index in [1.54, 1.807) is 12.4 Å². The van der Waals surface area contributed by atoms with Crippen molar-refractivity contribution >= 4 is 17.5 Å². The van der Waals surface area contributed by atoms with Gasteiger partial charge in [0, 0.05) is 31.1 Å². The Balaban J connectivity index is 1.83. The van der Waals surface area contributed by atoms with E-state index in [9.17, 15) is 9.59 Å². The van der Waals surface area contributed by atoms with E-state index >= 15 is 0 Å². The molecule has 1 fully saturated rings. The minimum atomic E-state index is -0.0221. The van der Waals surface area contributed by atoms with E-state index in [1.807, 2.05) is 18.7 Å². The molecule has 1 aliphatic rings. The molecule has 0 bridgehead atoms. The molecule has 104 valence electrons. The Kier molecular flexibility index (Phi) is 4.19. The number of likely N-dealkylation sites (tertiary alicyclic amines) is 1. The number of hydrogen-bond acceptors (Lipinski definition) is 3. The summed E-state index contributed by atoms with van der Waals surface area (Å²) < 4.78 is 0. The summed E-state index contributed by atoms with van der Waals surface area (Å²) in [6.45, 7) is 5.14. The Morgan fingerprint density at radius 3 is 2.63 bits per heavy atom. The topological polar surface area (TPSA) is 78.1 Å². The van der Waals surface area contributed by atoms with Gasteiger partial charge in [-0.2, -0.15) is 5.10 Å². The molecule has 6 nitrogen and oxygen atoms in total. The molecule has 19 heavy (non-hydrogen) atoms. The van der Waals surface area contributed by atoms with Crippen molar-refractivity contribution in [1.82, 2.24) is 15.1 Å². The molecule has 0 spiro atoms. The van der Waals surface area contributed by atoms with Gasteiger partial charge < -0.3 is 10.2 Å². The molecule has 2 rings (SSSR count). The van der Waals surface area contributed by atoms with E-state index in [4.69, 9.17) is 0 Å². The summed E-state index contributed by atoms with van der Waals surface area (Å²) in [5.41, 5.74) is 0.686. The minimum absolute atomic E-state index is 0.0121. The van der Waals surface area contributed by atoms with Crippen LogP contribution in [0, 0.1) is 11.8 Å². The van der Waals surface area contributed by atoms with Gasteiger partial charge in [0.15, 0.2) is 0 Å². The second kappa shape index (κ2) is 5.86. The first-order chi connectivity index (χ1) is 9.08. The molecule has 1 aromatic heterocycles. The zero-order chi connectivity index (χ0) is 13.8. The van der Waals surface area contributed by atoms with Crippen LogP contribution in [0.3, 0.4) is 0 Å². The third-order valence-corrected chi connectivity index (χ3v) is 3.44. The fraction of sp³-hybridized carbons (Fsp3) is 0.615. The normalized spacial score (nSPS) is 16.7. The maximum Gasteiger partial charge on any atom is 0.227 e. The molecular formula is C13H20N4O2. The zero-order valence-corrected chi connectivity index (χ0v) is 11.3. The van der Waals surface area contributed by atoms with E-state index in [2.05, 4.69) is 15.5 Å². The first kappa shape index (κ1) is 13.6. The lowest BCUT2D eigenvalue weighted by atomic mass is 9.95. The number of carbonyl (C=O) groups is 2. The SMILES string of the molecule is CC(C)C(=O)N1CCC(C(=O)Nc2cn[nH]c2)CC1. The highest BCUT2D eigenvalue weighted by molar-refractivity contribution is 5.92. The average Bonchev–Trinajstić information content (AvgIpc) is 2.90. The summed E-state index contributed by atoms with van der Waals surface area (Å²) in [5, 5.41) is 9.26. The summed E-state index contributed by atoms with van der Waals surface area (Å²) in [4.78, 5) is 25.7. The van der Waals surface area contributed by atoms with Gasteiger partial charge >= 0.3 is 0 Å². The number of hydrogen-bond donors (Lipinski definition) is 2. The predicted molar refractivity (Wildman–Crippen MR) is 71.4 cm³/mol. The molecule has 2 amide bonds. The Bertz CT molecular complexity index is 434. The molecule has 2 heterocycles. The summed E-state index contributed by atoms with van der Waals surface area (Å²) in [7, 11) is 0. The molecule has 0 unspecified atom stereocenters. The van der Waals surface area contributed by atoms with E-state index < -0.39 is 0 Å². The monoisotopic (exact) mass is 264 g/mol. The fourth-order valence-corrected chi connectivity index (χ4v) is 2.29. The van der Waals surface area contributed by atoms with Crippen molar-refractivity contribution in [1.29, 1.82) is 0 Å². The van der Waals surface area contributed by atoms with Crippen molar-refractivity contribution in [3.8, 4) is 0 Å². The number of amides is 2. The highest BCUT2D eigenvalue weighted by Gasteiger charge is 2.28. The fourth-order valence-electron chi connectivity index (χ4n) is 2.29. The van der Waals surface area contributed by atoms with Gasteiger partial charge in [0.05, 0.1) is 11.9 Å². The highest BCUT2D eigenvalue weighted by atomic mass is 16.2. The Morgan fingerprint density at radius 1 is 1.42 bits per heavy atom. The Hall–Kier alpha value is -1.85. The van der Waals surface area contributed by atoms with Crippen LogP contribution in [0.15, 0.2) is 12.4 Å². The van der Waals surface area contributed by atoms with Crippen molar-refractivity contribution in [2.24, 2.45) is 11.8 Å². The molecule has 1 saturated heterocycles. The molecule has 0 atom stereocenters. The molecule has 0 aliphatic carbocycles. The molecule has 0 radical (unpaired) electrons. The number of aromatic nitrogens is 2. The van der Waals surface area contributed by atoms with Gasteiger partial charge in [0.1, 0.15) is 0 Å². The lowest BCUT2D eigenvalue weighted by molar-refractivity contribution is -0.137. The summed E-state index contributed by atoms with van der Waals surface area (Å²) in [6.07, 6.45) is 4.68. The van der Waals surface area contributed by atoms with Gasteiger partial charge in [-0.15, -0.1) is 0 Å². The lowest BCUT2D eigenvalue weighted by Crippen LogP contribution is -2.43. The van der Waals surface area contributed by atoms with Crippen LogP contribution in [0.1, 0.15) is 26.7 Å². The van der Waals surface area contributed by atoms with Crippen LogP contribution in [-0.4, -0.2) is 40.0 Å². The molecule has 2 N–H and O–H groups in total. The highest BCUT2D eigenvalue weighted by Crippen LogP contribution is 2.20. The van der Waals surface area contributed by atoms with Gasteiger partial charge in [-0.25, -0.2) is 0 Å². The van der Waals surface area contributed by atoms with E-state index in [1.165, 1.54) is 0 Å². The van der Waals surface area contributed by atoms with Crippen LogP contribution < -0.4 is 5.32 Å². The average molecular weight is 264 g/mol. The first-order valence-electron chi connectivity index (χ1n) is 6.66. The number of H-pyrrole nitrogens is 1. The second-order valence-corrected chi connectivity index (χ2v) is 5.23. The van der Waals surface area contributed by atoms with Crippen LogP contribution in [0.4, 0.5) is 5.69 Å². The van der Waals surface area contributed by atoms with E-state index in [-0.39, 0.29) is 23.7 Å². The number of rotatable bonds is 3. The van der Waals surface area contributed by atoms with Gasteiger partial charge in [-0.1, -0.05) is 13.8 Å². The van der Waals surface area contributed by atoms with Gasteiger partial charge in [-0.3, -0.25) is 14.7 Å². The zero-order valence-electron chi connectivity index (χ0n) is 11.3. The quantitative estimate of drug-likeness (QED) is 0.862. The predicted octanol–water partition coefficient (Wildman–Crippen LogP) is 1.24. The number of carbonyl (C=O) groups excluding carboxylic acids is 2. The Morgan fingerprint density at radius 2 is 2.11 bits per heavy atom. The maximum atomic E-state index is 12.0. The van der Waals surface area contributed by atoms with Crippen molar-refractivity contribution < 1.29 is 9.59 Å². The summed E-state index contributed by atoms with van der Waals surface area (Å²) in [6, 6.07) is 0. The first-order valence-corrected chi connectivity index (χ1v) is 6.66. The lowest BCUT2D eigenvalue weighted by Gasteiger charge is -2.32. The minimum Gasteiger partial charge on any atom is -0.342 e. The largest absolute Gasteiger partial charge is 0.342 e. The molecule has 0 aromatic carbocycles. The molecular weight excluding hydrogens is 244 g/mol. The van der Waals surface area contributed by atoms with Crippen LogP contribution in [0.2, 0.25) is 0 Å². The van der Waals surface area contributed by atoms with Crippen molar-refractivity contribution in [2.45, 2.75) is 26.7 Å². The number of anilines is 1. The molecule has 1 aromatic rings. The number of piperidine rings is 1. The van der Waals surface area contributed by atoms with E-state index in [0.717, 1.165) is 12.8 Å². The van der Waals surface area contributed by atoms with Crippen molar-refractivity contribution in [3.05, 3.63) is 12.4 Å². The van der Waals surface area contributed by atoms with Crippen LogP contribution >= 0.6 is 0 Å². The van der Waals surface area contributed by atoms with Crippen molar-refractivity contribution in [2.75, 3.05) is 18.4 Å².